The Morgan fingerprint density at radius 2 is 1.68 bits per heavy atom. The molecule has 144 valence electrons. The molecule has 1 amide bonds. The van der Waals surface area contributed by atoms with Crippen molar-refractivity contribution in [3.05, 3.63) is 70.5 Å². The normalized spacial score (nSPS) is 15.0. The van der Waals surface area contributed by atoms with E-state index >= 15 is 0 Å². The van der Waals surface area contributed by atoms with Gasteiger partial charge in [0.05, 0.1) is 5.56 Å². The molecule has 2 aromatic carbocycles. The summed E-state index contributed by atoms with van der Waals surface area (Å²) >= 11 is 3.46. The number of rotatable bonds is 5. The van der Waals surface area contributed by atoms with E-state index in [1.165, 1.54) is 0 Å². The fraction of sp³-hybridized carbons (Fsp3) is 0.286. The largest absolute Gasteiger partial charge is 0.421 e. The third-order valence-electron chi connectivity index (χ3n) is 4.89. The summed E-state index contributed by atoms with van der Waals surface area (Å²) in [5.74, 6) is 1.28. The van der Waals surface area contributed by atoms with Gasteiger partial charge >= 0.3 is 0 Å². The molecule has 2 heterocycles. The number of carbonyl (C=O) groups excluding carboxylic acids is 1. The molecule has 1 aliphatic rings. The summed E-state index contributed by atoms with van der Waals surface area (Å²) in [4.78, 5) is 16.9. The zero-order valence-corrected chi connectivity index (χ0v) is 17.0. The molecule has 3 aromatic rings. The van der Waals surface area contributed by atoms with Crippen LogP contribution in [0.1, 0.15) is 16.2 Å². The number of benzene rings is 2. The molecule has 28 heavy (non-hydrogen) atoms. The zero-order chi connectivity index (χ0) is 19.3. The van der Waals surface area contributed by atoms with E-state index < -0.39 is 0 Å². The van der Waals surface area contributed by atoms with Crippen LogP contribution < -0.4 is 0 Å². The summed E-state index contributed by atoms with van der Waals surface area (Å²) in [5, 5.41) is 8.29. The van der Waals surface area contributed by atoms with Crippen molar-refractivity contribution in [1.82, 2.24) is 20.0 Å². The van der Waals surface area contributed by atoms with Crippen LogP contribution in [0.25, 0.3) is 11.5 Å². The molecule has 1 fully saturated rings. The maximum absolute atomic E-state index is 12.7. The summed E-state index contributed by atoms with van der Waals surface area (Å²) in [6, 6.07) is 17.3. The Morgan fingerprint density at radius 3 is 2.43 bits per heavy atom. The van der Waals surface area contributed by atoms with Gasteiger partial charge in [0, 0.05) is 49.2 Å². The topological polar surface area (TPSA) is 62.5 Å². The van der Waals surface area contributed by atoms with Gasteiger partial charge < -0.3 is 9.32 Å². The monoisotopic (exact) mass is 440 g/mol. The van der Waals surface area contributed by atoms with Gasteiger partial charge in [-0.2, -0.15) is 0 Å². The van der Waals surface area contributed by atoms with E-state index in [4.69, 9.17) is 4.42 Å². The first-order valence-electron chi connectivity index (χ1n) is 9.34. The first kappa shape index (κ1) is 18.8. The van der Waals surface area contributed by atoms with Gasteiger partial charge in [0.2, 0.25) is 11.8 Å². The molecular formula is C21H21BrN4O2. The van der Waals surface area contributed by atoms with Crippen LogP contribution in [0.2, 0.25) is 0 Å². The molecule has 0 unspecified atom stereocenters. The highest BCUT2D eigenvalue weighted by atomic mass is 79.9. The first-order chi connectivity index (χ1) is 13.7. The predicted molar refractivity (Wildman–Crippen MR) is 110 cm³/mol. The summed E-state index contributed by atoms with van der Waals surface area (Å²) in [7, 11) is 0. The molecule has 0 spiro atoms. The number of nitrogens with zero attached hydrogens (tertiary/aromatic N) is 4. The second-order valence-corrected chi connectivity index (χ2v) is 7.59. The van der Waals surface area contributed by atoms with Crippen LogP contribution in [0.3, 0.4) is 0 Å². The van der Waals surface area contributed by atoms with Crippen molar-refractivity contribution in [2.24, 2.45) is 0 Å². The van der Waals surface area contributed by atoms with Crippen molar-refractivity contribution in [1.29, 1.82) is 0 Å². The number of aromatic nitrogens is 2. The Bertz CT molecular complexity index is 936. The van der Waals surface area contributed by atoms with Gasteiger partial charge in [-0.1, -0.05) is 30.3 Å². The fourth-order valence-electron chi connectivity index (χ4n) is 3.29. The van der Waals surface area contributed by atoms with Gasteiger partial charge in [-0.05, 0) is 40.2 Å². The van der Waals surface area contributed by atoms with Crippen molar-refractivity contribution in [3.8, 4) is 11.5 Å². The number of hydrogen-bond donors (Lipinski definition) is 0. The minimum Gasteiger partial charge on any atom is -0.421 e. The number of amides is 1. The van der Waals surface area contributed by atoms with E-state index in [0.29, 0.717) is 18.2 Å². The summed E-state index contributed by atoms with van der Waals surface area (Å²) in [5.41, 5.74) is 1.65. The van der Waals surface area contributed by atoms with E-state index in [2.05, 4.69) is 31.0 Å². The number of halogens is 1. The third-order valence-corrected chi connectivity index (χ3v) is 5.58. The molecule has 0 aliphatic carbocycles. The van der Waals surface area contributed by atoms with Crippen LogP contribution >= 0.6 is 15.9 Å². The van der Waals surface area contributed by atoms with Crippen molar-refractivity contribution >= 4 is 21.8 Å². The van der Waals surface area contributed by atoms with Crippen LogP contribution in [0, 0.1) is 0 Å². The predicted octanol–water partition coefficient (Wildman–Crippen LogP) is 3.50. The minimum atomic E-state index is 0.0801. The molecule has 0 radical (unpaired) electrons. The van der Waals surface area contributed by atoms with Gasteiger partial charge in [-0.15, -0.1) is 10.2 Å². The molecule has 0 N–H and O–H groups in total. The SMILES string of the molecule is O=C(c1ccccc1Br)N1CCN(CCc2nnc(-c3ccccc3)o2)CC1. The molecular weight excluding hydrogens is 420 g/mol. The molecule has 0 bridgehead atoms. The lowest BCUT2D eigenvalue weighted by Gasteiger charge is -2.34. The summed E-state index contributed by atoms with van der Waals surface area (Å²) < 4.78 is 6.61. The summed E-state index contributed by atoms with van der Waals surface area (Å²) in [6.07, 6.45) is 0.706. The number of carbonyl (C=O) groups is 1. The van der Waals surface area contributed by atoms with Crippen molar-refractivity contribution in [3.63, 3.8) is 0 Å². The number of hydrogen-bond acceptors (Lipinski definition) is 5. The molecule has 0 saturated carbocycles. The second kappa shape index (κ2) is 8.67. The van der Waals surface area contributed by atoms with Crippen LogP contribution in [-0.4, -0.2) is 58.6 Å². The fourth-order valence-corrected chi connectivity index (χ4v) is 3.74. The van der Waals surface area contributed by atoms with Crippen molar-refractivity contribution in [2.75, 3.05) is 32.7 Å². The highest BCUT2D eigenvalue weighted by Crippen LogP contribution is 2.19. The third kappa shape index (κ3) is 4.31. The molecule has 7 heteroatoms. The molecule has 1 saturated heterocycles. The Kier molecular flexibility index (Phi) is 5.83. The summed E-state index contributed by atoms with van der Waals surface area (Å²) in [6.45, 7) is 3.97. The minimum absolute atomic E-state index is 0.0801. The van der Waals surface area contributed by atoms with E-state index in [9.17, 15) is 4.79 Å². The Morgan fingerprint density at radius 1 is 0.964 bits per heavy atom. The zero-order valence-electron chi connectivity index (χ0n) is 15.4. The van der Waals surface area contributed by atoms with Crippen molar-refractivity contribution in [2.45, 2.75) is 6.42 Å². The van der Waals surface area contributed by atoms with Crippen LogP contribution in [-0.2, 0) is 6.42 Å². The van der Waals surface area contributed by atoms with E-state index in [-0.39, 0.29) is 5.91 Å². The molecule has 0 atom stereocenters. The van der Waals surface area contributed by atoms with Gasteiger partial charge in [0.1, 0.15) is 0 Å². The van der Waals surface area contributed by atoms with Crippen LogP contribution in [0.15, 0.2) is 63.5 Å². The Labute approximate surface area is 172 Å². The average molecular weight is 441 g/mol. The highest BCUT2D eigenvalue weighted by Gasteiger charge is 2.23. The van der Waals surface area contributed by atoms with E-state index in [0.717, 1.165) is 48.3 Å². The van der Waals surface area contributed by atoms with Crippen molar-refractivity contribution < 1.29 is 9.21 Å². The molecule has 6 nitrogen and oxygen atoms in total. The molecule has 4 rings (SSSR count). The van der Waals surface area contributed by atoms with Gasteiger partial charge in [-0.25, -0.2) is 0 Å². The van der Waals surface area contributed by atoms with Crippen LogP contribution in [0.5, 0.6) is 0 Å². The van der Waals surface area contributed by atoms with Crippen LogP contribution in [0.4, 0.5) is 0 Å². The lowest BCUT2D eigenvalue weighted by molar-refractivity contribution is 0.0635. The smallest absolute Gasteiger partial charge is 0.255 e. The van der Waals surface area contributed by atoms with E-state index in [1.807, 2.05) is 59.5 Å². The van der Waals surface area contributed by atoms with Gasteiger partial charge in [0.25, 0.3) is 5.91 Å². The maximum Gasteiger partial charge on any atom is 0.255 e. The van der Waals surface area contributed by atoms with Gasteiger partial charge in [0.15, 0.2) is 0 Å². The maximum atomic E-state index is 12.7. The second-order valence-electron chi connectivity index (χ2n) is 6.73. The molecule has 1 aromatic heterocycles. The Hall–Kier alpha value is -2.51. The Balaban J connectivity index is 1.28. The van der Waals surface area contributed by atoms with Gasteiger partial charge in [-0.3, -0.25) is 9.69 Å². The lowest BCUT2D eigenvalue weighted by Crippen LogP contribution is -2.49. The van der Waals surface area contributed by atoms with E-state index in [1.54, 1.807) is 0 Å². The standard InChI is InChI=1S/C21H21BrN4O2/c22-18-9-5-4-8-17(18)21(27)26-14-12-25(13-15-26)11-10-19-23-24-20(28-19)16-6-2-1-3-7-16/h1-9H,10-15H2. The first-order valence-corrected chi connectivity index (χ1v) is 10.1. The highest BCUT2D eigenvalue weighted by molar-refractivity contribution is 9.10. The quantitative estimate of drug-likeness (QED) is 0.607. The molecule has 1 aliphatic heterocycles. The average Bonchev–Trinajstić information content (AvgIpc) is 3.22. The number of piperazine rings is 1. The lowest BCUT2D eigenvalue weighted by atomic mass is 10.2.